The fourth-order valence-corrected chi connectivity index (χ4v) is 2.05. The van der Waals surface area contributed by atoms with Gasteiger partial charge >= 0.3 is 0 Å². The van der Waals surface area contributed by atoms with Crippen molar-refractivity contribution in [3.63, 3.8) is 0 Å². The second-order valence-electron chi connectivity index (χ2n) is 4.41. The van der Waals surface area contributed by atoms with Crippen molar-refractivity contribution in [2.24, 2.45) is 0 Å². The maximum Gasteiger partial charge on any atom is 0.177 e. The number of carbonyl (C=O) groups is 1. The largest absolute Gasteiger partial charge is 0.314 e. The van der Waals surface area contributed by atoms with Gasteiger partial charge in [-0.3, -0.25) is 9.69 Å². The number of piperazine rings is 1. The fraction of sp³-hybridized carbons (Fsp3) is 0.462. The lowest BCUT2D eigenvalue weighted by Crippen LogP contribution is -2.45. The summed E-state index contributed by atoms with van der Waals surface area (Å²) < 4.78 is 13.1. The topological polar surface area (TPSA) is 32.3 Å². The lowest BCUT2D eigenvalue weighted by molar-refractivity contribution is 0.0920. The van der Waals surface area contributed by atoms with Gasteiger partial charge in [-0.1, -0.05) is 6.07 Å². The molecule has 0 spiro atoms. The molecule has 4 heteroatoms. The van der Waals surface area contributed by atoms with Crippen LogP contribution in [0.3, 0.4) is 0 Å². The molecule has 92 valence electrons. The van der Waals surface area contributed by atoms with E-state index in [1.54, 1.807) is 6.07 Å². The molecule has 0 aliphatic carbocycles. The van der Waals surface area contributed by atoms with Crippen LogP contribution in [0.2, 0.25) is 0 Å². The Labute approximate surface area is 101 Å². The van der Waals surface area contributed by atoms with Crippen LogP contribution < -0.4 is 5.32 Å². The van der Waals surface area contributed by atoms with Gasteiger partial charge in [-0.25, -0.2) is 4.39 Å². The number of ketones is 1. The zero-order valence-electron chi connectivity index (χ0n) is 10.0. The molecule has 1 aliphatic rings. The number of aryl methyl sites for hydroxylation is 1. The van der Waals surface area contributed by atoms with Gasteiger partial charge in [0, 0.05) is 31.7 Å². The Kier molecular flexibility index (Phi) is 3.86. The highest BCUT2D eigenvalue weighted by Crippen LogP contribution is 2.11. The molecule has 2 rings (SSSR count). The minimum atomic E-state index is -0.348. The second-order valence-corrected chi connectivity index (χ2v) is 4.41. The van der Waals surface area contributed by atoms with Gasteiger partial charge in [0.25, 0.3) is 0 Å². The Bertz CT molecular complexity index is 414. The van der Waals surface area contributed by atoms with Crippen molar-refractivity contribution >= 4 is 5.78 Å². The third-order valence-electron chi connectivity index (χ3n) is 3.08. The highest BCUT2D eigenvalue weighted by atomic mass is 19.1. The standard InChI is InChI=1S/C13H17FN2O/c1-10-2-3-11(14)8-12(10)13(17)9-16-6-4-15-5-7-16/h2-3,8,15H,4-7,9H2,1H3. The van der Waals surface area contributed by atoms with Gasteiger partial charge in [-0.15, -0.1) is 0 Å². The van der Waals surface area contributed by atoms with Gasteiger partial charge in [-0.05, 0) is 24.6 Å². The Morgan fingerprint density at radius 3 is 2.82 bits per heavy atom. The van der Waals surface area contributed by atoms with E-state index in [1.165, 1.54) is 12.1 Å². The molecule has 1 N–H and O–H groups in total. The molecular weight excluding hydrogens is 219 g/mol. The number of hydrogen-bond donors (Lipinski definition) is 1. The average molecular weight is 236 g/mol. The third-order valence-corrected chi connectivity index (χ3v) is 3.08. The van der Waals surface area contributed by atoms with Gasteiger partial charge in [0.15, 0.2) is 5.78 Å². The van der Waals surface area contributed by atoms with E-state index in [0.717, 1.165) is 31.7 Å². The summed E-state index contributed by atoms with van der Waals surface area (Å²) >= 11 is 0. The highest BCUT2D eigenvalue weighted by Gasteiger charge is 2.16. The first-order valence-electron chi connectivity index (χ1n) is 5.89. The summed E-state index contributed by atoms with van der Waals surface area (Å²) in [7, 11) is 0. The molecule has 1 aliphatic heterocycles. The lowest BCUT2D eigenvalue weighted by atomic mass is 10.0. The van der Waals surface area contributed by atoms with E-state index in [2.05, 4.69) is 10.2 Å². The number of rotatable bonds is 3. The van der Waals surface area contributed by atoms with Gasteiger partial charge < -0.3 is 5.32 Å². The van der Waals surface area contributed by atoms with Crippen LogP contribution in [0.5, 0.6) is 0 Å². The molecule has 17 heavy (non-hydrogen) atoms. The van der Waals surface area contributed by atoms with Crippen LogP contribution in [0.1, 0.15) is 15.9 Å². The lowest BCUT2D eigenvalue weighted by Gasteiger charge is -2.26. The zero-order chi connectivity index (χ0) is 12.3. The molecular formula is C13H17FN2O. The quantitative estimate of drug-likeness (QED) is 0.801. The maximum atomic E-state index is 13.1. The third kappa shape index (κ3) is 3.11. The van der Waals surface area contributed by atoms with Crippen LogP contribution in [-0.4, -0.2) is 43.4 Å². The summed E-state index contributed by atoms with van der Waals surface area (Å²) in [5.41, 5.74) is 1.34. The molecule has 3 nitrogen and oxygen atoms in total. The van der Waals surface area contributed by atoms with Gasteiger partial charge in [0.2, 0.25) is 0 Å². The minimum absolute atomic E-state index is 0.00361. The summed E-state index contributed by atoms with van der Waals surface area (Å²) in [4.78, 5) is 14.2. The summed E-state index contributed by atoms with van der Waals surface area (Å²) in [6.45, 7) is 5.79. The average Bonchev–Trinajstić information content (AvgIpc) is 2.33. The maximum absolute atomic E-state index is 13.1. The molecule has 1 heterocycles. The predicted molar refractivity (Wildman–Crippen MR) is 64.8 cm³/mol. The smallest absolute Gasteiger partial charge is 0.177 e. The van der Waals surface area contributed by atoms with Crippen molar-refractivity contribution < 1.29 is 9.18 Å². The van der Waals surface area contributed by atoms with Crippen LogP contribution in [0.15, 0.2) is 18.2 Å². The molecule has 0 amide bonds. The van der Waals surface area contributed by atoms with Crippen molar-refractivity contribution in [3.8, 4) is 0 Å². The highest BCUT2D eigenvalue weighted by molar-refractivity contribution is 5.98. The number of halogens is 1. The number of hydrogen-bond acceptors (Lipinski definition) is 3. The Morgan fingerprint density at radius 1 is 1.41 bits per heavy atom. The first-order valence-corrected chi connectivity index (χ1v) is 5.89. The van der Waals surface area contributed by atoms with Crippen LogP contribution in [-0.2, 0) is 0 Å². The Hall–Kier alpha value is -1.26. The first-order chi connectivity index (χ1) is 8.16. The normalized spacial score (nSPS) is 17.1. The first kappa shape index (κ1) is 12.2. The Morgan fingerprint density at radius 2 is 2.12 bits per heavy atom. The van der Waals surface area contributed by atoms with E-state index in [0.29, 0.717) is 12.1 Å². The molecule has 0 bridgehead atoms. The number of benzene rings is 1. The molecule has 1 aromatic carbocycles. The van der Waals surface area contributed by atoms with E-state index in [-0.39, 0.29) is 11.6 Å². The van der Waals surface area contributed by atoms with Crippen molar-refractivity contribution in [2.75, 3.05) is 32.7 Å². The molecule has 0 saturated carbocycles. The molecule has 1 aromatic rings. The monoisotopic (exact) mass is 236 g/mol. The van der Waals surface area contributed by atoms with Crippen molar-refractivity contribution in [1.29, 1.82) is 0 Å². The van der Waals surface area contributed by atoms with Crippen LogP contribution >= 0.6 is 0 Å². The van der Waals surface area contributed by atoms with E-state index < -0.39 is 0 Å². The minimum Gasteiger partial charge on any atom is -0.314 e. The summed E-state index contributed by atoms with van der Waals surface area (Å²) in [6.07, 6.45) is 0. The van der Waals surface area contributed by atoms with Gasteiger partial charge in [0.05, 0.1) is 6.54 Å². The Balaban J connectivity index is 2.05. The van der Waals surface area contributed by atoms with Crippen molar-refractivity contribution in [1.82, 2.24) is 10.2 Å². The second kappa shape index (κ2) is 5.38. The SMILES string of the molecule is Cc1ccc(F)cc1C(=O)CN1CCNCC1. The van der Waals surface area contributed by atoms with Gasteiger partial charge in [0.1, 0.15) is 5.82 Å². The number of Topliss-reactive ketones (excluding diaryl/α,β-unsaturated/α-hetero) is 1. The molecule has 0 radical (unpaired) electrons. The zero-order valence-corrected chi connectivity index (χ0v) is 10.0. The van der Waals surface area contributed by atoms with Crippen LogP contribution in [0.4, 0.5) is 4.39 Å². The number of carbonyl (C=O) groups excluding carboxylic acids is 1. The molecule has 0 aromatic heterocycles. The predicted octanol–water partition coefficient (Wildman–Crippen LogP) is 1.22. The summed E-state index contributed by atoms with van der Waals surface area (Å²) in [6, 6.07) is 4.37. The van der Waals surface area contributed by atoms with E-state index in [9.17, 15) is 9.18 Å². The van der Waals surface area contributed by atoms with Crippen LogP contribution in [0, 0.1) is 12.7 Å². The molecule has 0 atom stereocenters. The molecule has 1 fully saturated rings. The van der Waals surface area contributed by atoms with E-state index in [4.69, 9.17) is 0 Å². The molecule has 0 unspecified atom stereocenters. The van der Waals surface area contributed by atoms with Crippen molar-refractivity contribution in [2.45, 2.75) is 6.92 Å². The van der Waals surface area contributed by atoms with Crippen LogP contribution in [0.25, 0.3) is 0 Å². The van der Waals surface area contributed by atoms with Crippen molar-refractivity contribution in [3.05, 3.63) is 35.1 Å². The van der Waals surface area contributed by atoms with Gasteiger partial charge in [-0.2, -0.15) is 0 Å². The van der Waals surface area contributed by atoms with E-state index in [1.807, 2.05) is 6.92 Å². The molecule has 1 saturated heterocycles. The summed E-state index contributed by atoms with van der Waals surface area (Å²) in [5.74, 6) is -0.344. The number of nitrogens with one attached hydrogen (secondary N) is 1. The number of nitrogens with zero attached hydrogens (tertiary/aromatic N) is 1. The fourth-order valence-electron chi connectivity index (χ4n) is 2.05. The summed E-state index contributed by atoms with van der Waals surface area (Å²) in [5, 5.41) is 3.24. The van der Waals surface area contributed by atoms with E-state index >= 15 is 0 Å².